The summed E-state index contributed by atoms with van der Waals surface area (Å²) in [6, 6.07) is 15.1. The van der Waals surface area contributed by atoms with Crippen LogP contribution < -0.4 is 28.5 Å². The Hall–Kier alpha value is -0.610. The van der Waals surface area contributed by atoms with Gasteiger partial charge in [-0.3, -0.25) is 4.48 Å². The van der Waals surface area contributed by atoms with Crippen LogP contribution in [0.3, 0.4) is 0 Å². The maximum atomic E-state index is 2.26. The summed E-state index contributed by atoms with van der Waals surface area (Å²) in [5.41, 5.74) is 1.34. The number of nitrogens with zero attached hydrogens (tertiary/aromatic N) is 1. The summed E-state index contributed by atoms with van der Waals surface area (Å²) in [6.45, 7) is 0. The van der Waals surface area contributed by atoms with Gasteiger partial charge in [0.2, 0.25) is 0 Å². The smallest absolute Gasteiger partial charge is 0.132 e. The molecular weight excluding hydrogens is 297 g/mol. The molecule has 0 aliphatic carbocycles. The molecule has 0 amide bonds. The van der Waals surface area contributed by atoms with Crippen LogP contribution in [0, 0.1) is 0 Å². The second kappa shape index (κ2) is 4.49. The van der Waals surface area contributed by atoms with Gasteiger partial charge in [0.1, 0.15) is 5.69 Å². The molecule has 2 heteroatoms. The first kappa shape index (κ1) is 12.5. The minimum Gasteiger partial charge on any atom is -1.00 e. The van der Waals surface area contributed by atoms with Gasteiger partial charge in [-0.2, -0.15) is 0 Å². The van der Waals surface area contributed by atoms with E-state index in [4.69, 9.17) is 0 Å². The van der Waals surface area contributed by atoms with Gasteiger partial charge in [0, 0.05) is 6.07 Å². The summed E-state index contributed by atoms with van der Waals surface area (Å²) in [4.78, 5) is 0. The van der Waals surface area contributed by atoms with E-state index in [2.05, 4.69) is 63.6 Å². The van der Waals surface area contributed by atoms with Crippen LogP contribution in [0.15, 0.2) is 42.5 Å². The van der Waals surface area contributed by atoms with Crippen molar-refractivity contribution in [2.45, 2.75) is 0 Å². The molecule has 1 nitrogen and oxygen atoms in total. The molecule has 0 saturated carbocycles. The minimum atomic E-state index is 0. The Labute approximate surface area is 108 Å². The van der Waals surface area contributed by atoms with E-state index >= 15 is 0 Å². The second-order valence-electron chi connectivity index (χ2n) is 4.54. The number of halogens is 1. The van der Waals surface area contributed by atoms with Gasteiger partial charge in [0.05, 0.1) is 21.1 Å². The average Bonchev–Trinajstić information content (AvgIpc) is 2.16. The van der Waals surface area contributed by atoms with E-state index in [-0.39, 0.29) is 24.0 Å². The highest BCUT2D eigenvalue weighted by Crippen LogP contribution is 2.23. The summed E-state index contributed by atoms with van der Waals surface area (Å²) < 4.78 is 0.866. The minimum absolute atomic E-state index is 0. The highest BCUT2D eigenvalue weighted by Gasteiger charge is 2.11. The number of quaternary nitrogens is 1. The van der Waals surface area contributed by atoms with Crippen molar-refractivity contribution in [3.63, 3.8) is 0 Å². The number of fused-ring (bicyclic) bond motifs is 1. The first-order valence-corrected chi connectivity index (χ1v) is 4.88. The third kappa shape index (κ3) is 2.69. The number of hydrogen-bond donors (Lipinski definition) is 0. The van der Waals surface area contributed by atoms with E-state index in [1.54, 1.807) is 0 Å². The molecule has 15 heavy (non-hydrogen) atoms. The van der Waals surface area contributed by atoms with Gasteiger partial charge in [-0.1, -0.05) is 24.3 Å². The first-order chi connectivity index (χ1) is 6.57. The topological polar surface area (TPSA) is 0 Å². The third-order valence-corrected chi connectivity index (χ3v) is 2.51. The number of benzene rings is 2. The van der Waals surface area contributed by atoms with E-state index in [1.165, 1.54) is 16.5 Å². The van der Waals surface area contributed by atoms with Gasteiger partial charge in [-0.05, 0) is 22.9 Å². The van der Waals surface area contributed by atoms with Gasteiger partial charge in [0.15, 0.2) is 0 Å². The zero-order valence-corrected chi connectivity index (χ0v) is 11.5. The molecule has 2 rings (SSSR count). The Morgan fingerprint density at radius 1 is 0.800 bits per heavy atom. The Morgan fingerprint density at radius 2 is 1.40 bits per heavy atom. The van der Waals surface area contributed by atoms with Crippen LogP contribution in [0.5, 0.6) is 0 Å². The summed E-state index contributed by atoms with van der Waals surface area (Å²) in [7, 11) is 6.55. The summed E-state index contributed by atoms with van der Waals surface area (Å²) in [5, 5.41) is 2.63. The van der Waals surface area contributed by atoms with E-state index in [0.29, 0.717) is 0 Å². The van der Waals surface area contributed by atoms with E-state index in [0.717, 1.165) is 4.48 Å². The molecule has 0 atom stereocenters. The van der Waals surface area contributed by atoms with Gasteiger partial charge in [0.25, 0.3) is 0 Å². The Balaban J connectivity index is 0.00000112. The molecule has 0 bridgehead atoms. The fourth-order valence-electron chi connectivity index (χ4n) is 1.59. The Kier molecular flexibility index (Phi) is 3.73. The van der Waals surface area contributed by atoms with Crippen LogP contribution in [-0.4, -0.2) is 21.1 Å². The molecule has 0 saturated heterocycles. The highest BCUT2D eigenvalue weighted by atomic mass is 127. The molecular formula is C13H16IN. The zero-order chi connectivity index (χ0) is 10.2. The second-order valence-corrected chi connectivity index (χ2v) is 4.54. The molecule has 0 unspecified atom stereocenters. The fourth-order valence-corrected chi connectivity index (χ4v) is 1.59. The lowest BCUT2D eigenvalue weighted by molar-refractivity contribution is -0.00000306. The summed E-state index contributed by atoms with van der Waals surface area (Å²) >= 11 is 0. The SMILES string of the molecule is C[N+](C)(C)c1ccc2ccccc2c1.[I-]. The van der Waals surface area contributed by atoms with Crippen LogP contribution in [-0.2, 0) is 0 Å². The third-order valence-electron chi connectivity index (χ3n) is 2.51. The molecule has 0 heterocycles. The quantitative estimate of drug-likeness (QED) is 0.515. The van der Waals surface area contributed by atoms with Crippen LogP contribution in [0.25, 0.3) is 10.8 Å². The largest absolute Gasteiger partial charge is 1.00 e. The van der Waals surface area contributed by atoms with Crippen molar-refractivity contribution >= 4 is 16.5 Å². The van der Waals surface area contributed by atoms with Crippen LogP contribution in [0.2, 0.25) is 0 Å². The molecule has 80 valence electrons. The van der Waals surface area contributed by atoms with E-state index in [9.17, 15) is 0 Å². The maximum absolute atomic E-state index is 2.26. The molecule has 0 aromatic heterocycles. The molecule has 0 fully saturated rings. The van der Waals surface area contributed by atoms with Crippen molar-refractivity contribution in [1.82, 2.24) is 4.48 Å². The zero-order valence-electron chi connectivity index (χ0n) is 9.37. The molecule has 2 aromatic carbocycles. The van der Waals surface area contributed by atoms with Gasteiger partial charge in [-0.15, -0.1) is 0 Å². The lowest BCUT2D eigenvalue weighted by atomic mass is 10.1. The van der Waals surface area contributed by atoms with Crippen molar-refractivity contribution in [3.05, 3.63) is 42.5 Å². The van der Waals surface area contributed by atoms with Gasteiger partial charge < -0.3 is 24.0 Å². The predicted octanol–water partition coefficient (Wildman–Crippen LogP) is 0.0405. The van der Waals surface area contributed by atoms with E-state index < -0.39 is 0 Å². The Morgan fingerprint density at radius 3 is 2.00 bits per heavy atom. The van der Waals surface area contributed by atoms with Crippen LogP contribution in [0.4, 0.5) is 5.69 Å². The van der Waals surface area contributed by atoms with E-state index in [1.807, 2.05) is 0 Å². The van der Waals surface area contributed by atoms with Gasteiger partial charge >= 0.3 is 0 Å². The van der Waals surface area contributed by atoms with Crippen molar-refractivity contribution in [2.75, 3.05) is 21.1 Å². The molecule has 0 spiro atoms. The van der Waals surface area contributed by atoms with Crippen molar-refractivity contribution < 1.29 is 24.0 Å². The van der Waals surface area contributed by atoms with Crippen molar-refractivity contribution in [3.8, 4) is 0 Å². The first-order valence-electron chi connectivity index (χ1n) is 4.88. The lowest BCUT2D eigenvalue weighted by Crippen LogP contribution is -3.00. The van der Waals surface area contributed by atoms with Crippen molar-refractivity contribution in [1.29, 1.82) is 0 Å². The molecule has 0 aliphatic heterocycles. The maximum Gasteiger partial charge on any atom is 0.132 e. The Bertz CT molecular complexity index is 457. The number of hydrogen-bond acceptors (Lipinski definition) is 0. The van der Waals surface area contributed by atoms with Crippen LogP contribution in [0.1, 0.15) is 0 Å². The monoisotopic (exact) mass is 313 g/mol. The lowest BCUT2D eigenvalue weighted by Gasteiger charge is -2.23. The van der Waals surface area contributed by atoms with Crippen molar-refractivity contribution in [2.24, 2.45) is 0 Å². The number of rotatable bonds is 1. The van der Waals surface area contributed by atoms with Gasteiger partial charge in [-0.25, -0.2) is 0 Å². The normalized spacial score (nSPS) is 11.1. The fraction of sp³-hybridized carbons (Fsp3) is 0.231. The highest BCUT2D eigenvalue weighted by molar-refractivity contribution is 5.85. The van der Waals surface area contributed by atoms with Crippen LogP contribution >= 0.6 is 0 Å². The molecule has 0 radical (unpaired) electrons. The summed E-state index contributed by atoms with van der Waals surface area (Å²) in [5.74, 6) is 0. The molecule has 0 N–H and O–H groups in total. The molecule has 0 aliphatic rings. The molecule has 2 aromatic rings. The average molecular weight is 313 g/mol. The predicted molar refractivity (Wildman–Crippen MR) is 63.5 cm³/mol. The summed E-state index contributed by atoms with van der Waals surface area (Å²) in [6.07, 6.45) is 0. The standard InChI is InChI=1S/C13H16N.HI/c1-14(2,3)13-9-8-11-6-4-5-7-12(11)10-13;/h4-10H,1-3H3;1H/q+1;/p-1.